The Morgan fingerprint density at radius 1 is 1.12 bits per heavy atom. The summed E-state index contributed by atoms with van der Waals surface area (Å²) in [6.45, 7) is 1.81. The van der Waals surface area contributed by atoms with Crippen molar-refractivity contribution >= 4 is 28.3 Å². The molecule has 0 amide bonds. The van der Waals surface area contributed by atoms with E-state index in [0.29, 0.717) is 27.9 Å². The third kappa shape index (κ3) is 2.77. The number of benzene rings is 2. The predicted molar refractivity (Wildman–Crippen MR) is 95.6 cm³/mol. The number of hydrogen-bond acceptors (Lipinski definition) is 4. The van der Waals surface area contributed by atoms with Crippen LogP contribution in [0.3, 0.4) is 0 Å². The van der Waals surface area contributed by atoms with E-state index in [9.17, 15) is 10.1 Å². The van der Waals surface area contributed by atoms with Gasteiger partial charge in [-0.15, -0.1) is 0 Å². The largest absolute Gasteiger partial charge is 0.453 e. The highest BCUT2D eigenvalue weighted by molar-refractivity contribution is 6.31. The summed E-state index contributed by atoms with van der Waals surface area (Å²) in [5, 5.41) is 11.9. The van der Waals surface area contributed by atoms with Gasteiger partial charge in [0, 0.05) is 11.1 Å². The minimum Gasteiger partial charge on any atom is -0.453 e. The van der Waals surface area contributed by atoms with Crippen molar-refractivity contribution in [2.75, 3.05) is 0 Å². The lowest BCUT2D eigenvalue weighted by Crippen LogP contribution is -1.92. The summed E-state index contributed by atoms with van der Waals surface area (Å²) < 4.78 is 5.82. The fourth-order valence-electron chi connectivity index (χ4n) is 2.71. The SMILES string of the molecule is Cc1ccc(-c2ccc(-c3nc4ccc(Cl)cc4[nH]3)o2)c([N+](=O)[O-])c1. The molecule has 2 heterocycles. The average Bonchev–Trinajstić information content (AvgIpc) is 3.20. The Morgan fingerprint density at radius 3 is 2.72 bits per heavy atom. The van der Waals surface area contributed by atoms with Gasteiger partial charge in [0.25, 0.3) is 5.69 Å². The molecule has 0 aliphatic carbocycles. The van der Waals surface area contributed by atoms with E-state index < -0.39 is 4.92 Å². The van der Waals surface area contributed by atoms with Gasteiger partial charge in [0.15, 0.2) is 11.6 Å². The number of nitro benzene ring substituents is 1. The number of H-pyrrole nitrogens is 1. The molecule has 4 rings (SSSR count). The van der Waals surface area contributed by atoms with E-state index in [1.807, 2.05) is 19.1 Å². The van der Waals surface area contributed by atoms with E-state index in [1.165, 1.54) is 6.07 Å². The maximum Gasteiger partial charge on any atom is 0.280 e. The maximum absolute atomic E-state index is 11.3. The lowest BCUT2D eigenvalue weighted by Gasteiger charge is -2.01. The zero-order valence-corrected chi connectivity index (χ0v) is 13.9. The molecule has 0 bridgehead atoms. The quantitative estimate of drug-likeness (QED) is 0.397. The van der Waals surface area contributed by atoms with Crippen molar-refractivity contribution in [2.24, 2.45) is 0 Å². The topological polar surface area (TPSA) is 85.0 Å². The molecule has 124 valence electrons. The Labute approximate surface area is 147 Å². The Balaban J connectivity index is 1.78. The van der Waals surface area contributed by atoms with Crippen LogP contribution in [0.25, 0.3) is 33.9 Å². The number of nitrogens with zero attached hydrogens (tertiary/aromatic N) is 2. The average molecular weight is 354 g/mol. The number of imidazole rings is 1. The van der Waals surface area contributed by atoms with Crippen LogP contribution in [0.4, 0.5) is 5.69 Å². The minimum absolute atomic E-state index is 0.0114. The molecule has 4 aromatic rings. The van der Waals surface area contributed by atoms with Crippen LogP contribution in [0.1, 0.15) is 5.56 Å². The van der Waals surface area contributed by atoms with E-state index in [4.69, 9.17) is 16.0 Å². The molecule has 0 fully saturated rings. The van der Waals surface area contributed by atoms with E-state index in [2.05, 4.69) is 9.97 Å². The monoisotopic (exact) mass is 353 g/mol. The summed E-state index contributed by atoms with van der Waals surface area (Å²) in [5.74, 6) is 1.45. The molecule has 0 aliphatic rings. The highest BCUT2D eigenvalue weighted by Gasteiger charge is 2.19. The number of fused-ring (bicyclic) bond motifs is 1. The van der Waals surface area contributed by atoms with Crippen LogP contribution in [0.5, 0.6) is 0 Å². The maximum atomic E-state index is 11.3. The normalized spacial score (nSPS) is 11.1. The van der Waals surface area contributed by atoms with Crippen LogP contribution >= 0.6 is 11.6 Å². The van der Waals surface area contributed by atoms with Gasteiger partial charge in [0.05, 0.1) is 21.5 Å². The molecule has 0 atom stereocenters. The van der Waals surface area contributed by atoms with Gasteiger partial charge in [-0.3, -0.25) is 10.1 Å². The summed E-state index contributed by atoms with van der Waals surface area (Å²) >= 11 is 5.98. The number of aromatic nitrogens is 2. The zero-order chi connectivity index (χ0) is 17.6. The molecule has 0 spiro atoms. The molecule has 1 N–H and O–H groups in total. The van der Waals surface area contributed by atoms with Crippen LogP contribution in [-0.4, -0.2) is 14.9 Å². The molecule has 0 aliphatic heterocycles. The van der Waals surface area contributed by atoms with Crippen LogP contribution in [-0.2, 0) is 0 Å². The summed E-state index contributed by atoms with van der Waals surface area (Å²) in [6, 6.07) is 13.8. The first kappa shape index (κ1) is 15.4. The van der Waals surface area contributed by atoms with Crippen LogP contribution in [0.15, 0.2) is 52.9 Å². The van der Waals surface area contributed by atoms with E-state index in [0.717, 1.165) is 16.6 Å². The number of aryl methyl sites for hydroxylation is 1. The Bertz CT molecular complexity index is 1110. The van der Waals surface area contributed by atoms with Gasteiger partial charge in [-0.2, -0.15) is 0 Å². The molecule has 0 saturated heterocycles. The molecule has 2 aromatic heterocycles. The number of aromatic amines is 1. The van der Waals surface area contributed by atoms with Crippen molar-refractivity contribution in [1.29, 1.82) is 0 Å². The Hall–Kier alpha value is -3.12. The van der Waals surface area contributed by atoms with Gasteiger partial charge >= 0.3 is 0 Å². The molecule has 25 heavy (non-hydrogen) atoms. The molecule has 0 unspecified atom stereocenters. The third-order valence-corrected chi connectivity index (χ3v) is 4.13. The lowest BCUT2D eigenvalue weighted by atomic mass is 10.1. The first-order valence-corrected chi connectivity index (χ1v) is 7.90. The predicted octanol–water partition coefficient (Wildman–Crippen LogP) is 5.36. The van der Waals surface area contributed by atoms with E-state index >= 15 is 0 Å². The third-order valence-electron chi connectivity index (χ3n) is 3.90. The molecule has 6 nitrogen and oxygen atoms in total. The molecule has 2 aromatic carbocycles. The molecular weight excluding hydrogens is 342 g/mol. The fraction of sp³-hybridized carbons (Fsp3) is 0.0556. The highest BCUT2D eigenvalue weighted by atomic mass is 35.5. The van der Waals surface area contributed by atoms with Crippen LogP contribution in [0, 0.1) is 17.0 Å². The van der Waals surface area contributed by atoms with Crippen molar-refractivity contribution in [1.82, 2.24) is 9.97 Å². The first-order valence-electron chi connectivity index (χ1n) is 7.52. The van der Waals surface area contributed by atoms with Gasteiger partial charge in [0.2, 0.25) is 0 Å². The molecule has 0 saturated carbocycles. The summed E-state index contributed by atoms with van der Waals surface area (Å²) in [4.78, 5) is 18.5. The Kier molecular flexibility index (Phi) is 3.54. The van der Waals surface area contributed by atoms with Crippen molar-refractivity contribution in [2.45, 2.75) is 6.92 Å². The number of halogens is 1. The molecular formula is C18H12ClN3O3. The fourth-order valence-corrected chi connectivity index (χ4v) is 2.88. The van der Waals surface area contributed by atoms with Gasteiger partial charge in [-0.25, -0.2) is 4.98 Å². The summed E-state index contributed by atoms with van der Waals surface area (Å²) in [6.07, 6.45) is 0. The zero-order valence-electron chi connectivity index (χ0n) is 13.1. The highest BCUT2D eigenvalue weighted by Crippen LogP contribution is 2.34. The van der Waals surface area contributed by atoms with Crippen molar-refractivity contribution in [3.63, 3.8) is 0 Å². The van der Waals surface area contributed by atoms with E-state index in [1.54, 1.807) is 30.3 Å². The van der Waals surface area contributed by atoms with Crippen LogP contribution in [0.2, 0.25) is 5.02 Å². The standard InChI is InChI=1S/C18H12ClN3O3/c1-10-2-4-12(15(8-10)22(23)24)16-6-7-17(25-16)18-20-13-5-3-11(19)9-14(13)21-18/h2-9H,1H3,(H,20,21). The Morgan fingerprint density at radius 2 is 1.92 bits per heavy atom. The number of nitrogens with one attached hydrogen (secondary N) is 1. The van der Waals surface area contributed by atoms with Crippen molar-refractivity contribution in [3.05, 3.63) is 69.2 Å². The summed E-state index contributed by atoms with van der Waals surface area (Å²) in [7, 11) is 0. The number of hydrogen-bond donors (Lipinski definition) is 1. The smallest absolute Gasteiger partial charge is 0.280 e. The van der Waals surface area contributed by atoms with Crippen LogP contribution < -0.4 is 0 Å². The van der Waals surface area contributed by atoms with Gasteiger partial charge in [0.1, 0.15) is 5.76 Å². The summed E-state index contributed by atoms with van der Waals surface area (Å²) in [5.41, 5.74) is 2.81. The lowest BCUT2D eigenvalue weighted by molar-refractivity contribution is -0.384. The second-order valence-corrected chi connectivity index (χ2v) is 6.12. The first-order chi connectivity index (χ1) is 12.0. The number of nitro groups is 1. The minimum atomic E-state index is -0.409. The molecule has 0 radical (unpaired) electrons. The van der Waals surface area contributed by atoms with E-state index in [-0.39, 0.29) is 5.69 Å². The van der Waals surface area contributed by atoms with Gasteiger partial charge in [-0.1, -0.05) is 17.7 Å². The van der Waals surface area contributed by atoms with Gasteiger partial charge in [-0.05, 0) is 48.9 Å². The number of rotatable bonds is 3. The number of furan rings is 1. The second-order valence-electron chi connectivity index (χ2n) is 5.69. The van der Waals surface area contributed by atoms with Gasteiger partial charge < -0.3 is 9.40 Å². The molecule has 7 heteroatoms. The second kappa shape index (κ2) is 5.75. The van der Waals surface area contributed by atoms with Crippen molar-refractivity contribution < 1.29 is 9.34 Å². The van der Waals surface area contributed by atoms with Crippen molar-refractivity contribution in [3.8, 4) is 22.9 Å².